The third-order valence-electron chi connectivity index (χ3n) is 2.25. The van der Waals surface area contributed by atoms with Crippen LogP contribution in [0.25, 0.3) is 0 Å². The lowest BCUT2D eigenvalue weighted by Crippen LogP contribution is -2.15. The summed E-state index contributed by atoms with van der Waals surface area (Å²) in [7, 11) is 1.64. The van der Waals surface area contributed by atoms with E-state index in [9.17, 15) is 9.90 Å². The molecule has 17 heavy (non-hydrogen) atoms. The molecule has 88 valence electrons. The number of phenols is 1. The molecular weight excluding hydrogens is 222 g/mol. The van der Waals surface area contributed by atoms with E-state index in [2.05, 4.69) is 15.4 Å². The molecule has 0 spiro atoms. The quantitative estimate of drug-likeness (QED) is 0.512. The number of phenolic OH excluding ortho intramolecular Hbond substituents is 1. The number of rotatable bonds is 2. The number of nitrogens with two attached hydrogens (primary N) is 1. The van der Waals surface area contributed by atoms with Crippen molar-refractivity contribution in [2.45, 2.75) is 0 Å². The number of carbonyl (C=O) groups excluding carboxylic acids is 1. The van der Waals surface area contributed by atoms with Gasteiger partial charge >= 0.3 is 0 Å². The molecule has 0 fully saturated rings. The summed E-state index contributed by atoms with van der Waals surface area (Å²) in [5.41, 5.74) is 5.74. The predicted molar refractivity (Wildman–Crippen MR) is 61.5 cm³/mol. The Morgan fingerprint density at radius 1 is 1.53 bits per heavy atom. The van der Waals surface area contributed by atoms with E-state index in [0.717, 1.165) is 0 Å². The van der Waals surface area contributed by atoms with Crippen LogP contribution in [0.3, 0.4) is 0 Å². The standard InChI is InChI=1S/C10H11N5O2/c1-15-10(12-5-13-15)14-9(17)6-3-2-4-7(11)8(6)16/h2-5,16H,11H2,1H3,(H,12,13,14,17). The average molecular weight is 233 g/mol. The molecule has 7 nitrogen and oxygen atoms in total. The minimum Gasteiger partial charge on any atom is -0.505 e. The molecular formula is C10H11N5O2. The van der Waals surface area contributed by atoms with Crippen molar-refractivity contribution >= 4 is 17.5 Å². The minimum absolute atomic E-state index is 0.0907. The number of para-hydroxylation sites is 1. The van der Waals surface area contributed by atoms with Crippen molar-refractivity contribution in [2.75, 3.05) is 11.1 Å². The van der Waals surface area contributed by atoms with Crippen LogP contribution < -0.4 is 11.1 Å². The first kappa shape index (κ1) is 10.9. The Kier molecular flexibility index (Phi) is 2.65. The molecule has 2 rings (SSSR count). The van der Waals surface area contributed by atoms with Gasteiger partial charge in [0.25, 0.3) is 5.91 Å². The fourth-order valence-electron chi connectivity index (χ4n) is 1.32. The molecule has 0 bridgehead atoms. The van der Waals surface area contributed by atoms with Gasteiger partial charge in [-0.1, -0.05) is 6.07 Å². The molecule has 0 aliphatic carbocycles. The van der Waals surface area contributed by atoms with Crippen molar-refractivity contribution in [2.24, 2.45) is 7.05 Å². The number of benzene rings is 1. The topological polar surface area (TPSA) is 106 Å². The number of aromatic hydroxyl groups is 1. The average Bonchev–Trinajstić information content (AvgIpc) is 2.68. The molecule has 0 saturated heterocycles. The Balaban J connectivity index is 2.27. The highest BCUT2D eigenvalue weighted by Gasteiger charge is 2.14. The van der Waals surface area contributed by atoms with E-state index >= 15 is 0 Å². The maximum atomic E-state index is 11.8. The molecule has 0 radical (unpaired) electrons. The van der Waals surface area contributed by atoms with E-state index in [-0.39, 0.29) is 22.9 Å². The highest BCUT2D eigenvalue weighted by atomic mass is 16.3. The summed E-state index contributed by atoms with van der Waals surface area (Å²) in [6, 6.07) is 4.56. The third-order valence-corrected chi connectivity index (χ3v) is 2.25. The van der Waals surface area contributed by atoms with Crippen LogP contribution in [0.2, 0.25) is 0 Å². The Labute approximate surface area is 96.9 Å². The summed E-state index contributed by atoms with van der Waals surface area (Å²) in [6.45, 7) is 0. The summed E-state index contributed by atoms with van der Waals surface area (Å²) in [5.74, 6) is -0.449. The molecule has 0 unspecified atom stereocenters. The van der Waals surface area contributed by atoms with Gasteiger partial charge in [-0.15, -0.1) is 0 Å². The van der Waals surface area contributed by atoms with Crippen molar-refractivity contribution < 1.29 is 9.90 Å². The van der Waals surface area contributed by atoms with Gasteiger partial charge in [0.15, 0.2) is 5.75 Å². The molecule has 7 heteroatoms. The van der Waals surface area contributed by atoms with Crippen LogP contribution in [0.5, 0.6) is 5.75 Å². The van der Waals surface area contributed by atoms with E-state index in [0.29, 0.717) is 0 Å². The summed E-state index contributed by atoms with van der Waals surface area (Å²) in [6.07, 6.45) is 1.31. The second-order valence-corrected chi connectivity index (χ2v) is 3.40. The summed E-state index contributed by atoms with van der Waals surface area (Å²) in [4.78, 5) is 15.7. The predicted octanol–water partition coefficient (Wildman–Crippen LogP) is 0.355. The fourth-order valence-corrected chi connectivity index (χ4v) is 1.32. The van der Waals surface area contributed by atoms with Crippen molar-refractivity contribution in [3.63, 3.8) is 0 Å². The lowest BCUT2D eigenvalue weighted by molar-refractivity contribution is 0.102. The molecule has 4 N–H and O–H groups in total. The van der Waals surface area contributed by atoms with E-state index in [4.69, 9.17) is 5.73 Å². The number of aryl methyl sites for hydroxylation is 1. The van der Waals surface area contributed by atoms with Gasteiger partial charge in [0.05, 0.1) is 11.3 Å². The van der Waals surface area contributed by atoms with Gasteiger partial charge in [-0.25, -0.2) is 4.68 Å². The molecule has 2 aromatic rings. The van der Waals surface area contributed by atoms with Gasteiger partial charge < -0.3 is 10.8 Å². The van der Waals surface area contributed by atoms with Crippen LogP contribution in [-0.2, 0) is 7.05 Å². The van der Waals surface area contributed by atoms with Gasteiger partial charge in [0, 0.05) is 7.05 Å². The van der Waals surface area contributed by atoms with Gasteiger partial charge in [0.1, 0.15) is 6.33 Å². The summed E-state index contributed by atoms with van der Waals surface area (Å²) in [5, 5.41) is 16.0. The lowest BCUT2D eigenvalue weighted by atomic mass is 10.1. The normalized spacial score (nSPS) is 10.2. The summed E-state index contributed by atoms with van der Waals surface area (Å²) < 4.78 is 1.40. The molecule has 0 aliphatic heterocycles. The van der Waals surface area contributed by atoms with Crippen LogP contribution in [0, 0.1) is 0 Å². The molecule has 0 atom stereocenters. The van der Waals surface area contributed by atoms with Crippen LogP contribution in [0.1, 0.15) is 10.4 Å². The number of hydrogen-bond donors (Lipinski definition) is 3. The van der Waals surface area contributed by atoms with E-state index < -0.39 is 5.91 Å². The zero-order chi connectivity index (χ0) is 12.4. The number of anilines is 2. The monoisotopic (exact) mass is 233 g/mol. The molecule has 1 amide bonds. The van der Waals surface area contributed by atoms with Gasteiger partial charge in [-0.05, 0) is 12.1 Å². The van der Waals surface area contributed by atoms with Crippen LogP contribution >= 0.6 is 0 Å². The molecule has 1 aromatic carbocycles. The third kappa shape index (κ3) is 2.03. The van der Waals surface area contributed by atoms with Gasteiger partial charge in [-0.2, -0.15) is 10.1 Å². The smallest absolute Gasteiger partial charge is 0.261 e. The first-order chi connectivity index (χ1) is 8.09. The van der Waals surface area contributed by atoms with Crippen molar-refractivity contribution in [3.05, 3.63) is 30.1 Å². The second-order valence-electron chi connectivity index (χ2n) is 3.40. The number of nitrogens with zero attached hydrogens (tertiary/aromatic N) is 3. The first-order valence-electron chi connectivity index (χ1n) is 4.82. The maximum Gasteiger partial charge on any atom is 0.261 e. The highest BCUT2D eigenvalue weighted by molar-refractivity contribution is 6.06. The number of hydrogen-bond acceptors (Lipinski definition) is 5. The Morgan fingerprint density at radius 2 is 2.29 bits per heavy atom. The van der Waals surface area contributed by atoms with Crippen molar-refractivity contribution in [1.29, 1.82) is 0 Å². The molecule has 1 heterocycles. The van der Waals surface area contributed by atoms with E-state index in [1.807, 2.05) is 0 Å². The van der Waals surface area contributed by atoms with Crippen LogP contribution in [0.4, 0.5) is 11.6 Å². The first-order valence-corrected chi connectivity index (χ1v) is 4.82. The van der Waals surface area contributed by atoms with Crippen molar-refractivity contribution in [1.82, 2.24) is 14.8 Å². The molecule has 0 aliphatic rings. The number of nitrogens with one attached hydrogen (secondary N) is 1. The maximum absolute atomic E-state index is 11.8. The van der Waals surface area contributed by atoms with Crippen LogP contribution in [0.15, 0.2) is 24.5 Å². The molecule has 1 aromatic heterocycles. The summed E-state index contributed by atoms with van der Waals surface area (Å²) >= 11 is 0. The number of aromatic nitrogens is 3. The number of amides is 1. The van der Waals surface area contributed by atoms with Crippen LogP contribution in [-0.4, -0.2) is 25.8 Å². The zero-order valence-corrected chi connectivity index (χ0v) is 9.08. The largest absolute Gasteiger partial charge is 0.505 e. The van der Waals surface area contributed by atoms with Gasteiger partial charge in [-0.3, -0.25) is 10.1 Å². The minimum atomic E-state index is -0.495. The second kappa shape index (κ2) is 4.12. The van der Waals surface area contributed by atoms with Crippen molar-refractivity contribution in [3.8, 4) is 5.75 Å². The van der Waals surface area contributed by atoms with Gasteiger partial charge in [0.2, 0.25) is 5.95 Å². The zero-order valence-electron chi connectivity index (χ0n) is 9.08. The SMILES string of the molecule is Cn1ncnc1NC(=O)c1cccc(N)c1O. The number of nitrogen functional groups attached to an aromatic ring is 1. The Bertz CT molecular complexity index is 564. The Morgan fingerprint density at radius 3 is 2.94 bits per heavy atom. The molecule has 0 saturated carbocycles. The number of carbonyl (C=O) groups is 1. The Hall–Kier alpha value is -2.57. The highest BCUT2D eigenvalue weighted by Crippen LogP contribution is 2.24. The lowest BCUT2D eigenvalue weighted by Gasteiger charge is -2.07. The fraction of sp³-hybridized carbons (Fsp3) is 0.100. The van der Waals surface area contributed by atoms with E-state index in [1.54, 1.807) is 13.1 Å². The van der Waals surface area contributed by atoms with E-state index in [1.165, 1.54) is 23.1 Å².